The van der Waals surface area contributed by atoms with Crippen molar-refractivity contribution in [2.24, 2.45) is 5.11 Å². The van der Waals surface area contributed by atoms with Gasteiger partial charge in [-0.3, -0.25) is 0 Å². The maximum atomic E-state index is 10.7. The Kier molecular flexibility index (Phi) is 2.18. The summed E-state index contributed by atoms with van der Waals surface area (Å²) in [7, 11) is 1.64. The fraction of sp³-hybridized carbons (Fsp3) is 0.800. The number of carbonyl (C=O) groups excluding carboxylic acids is 1. The maximum absolute atomic E-state index is 10.7. The van der Waals surface area contributed by atoms with Gasteiger partial charge in [-0.2, -0.15) is 0 Å². The third-order valence-electron chi connectivity index (χ3n) is 1.41. The van der Waals surface area contributed by atoms with E-state index in [1.165, 1.54) is 4.90 Å². The van der Waals surface area contributed by atoms with Crippen molar-refractivity contribution < 1.29 is 9.53 Å². The number of carbonyl (C=O) groups is 1. The smallest absolute Gasteiger partial charge is 0.409 e. The van der Waals surface area contributed by atoms with E-state index >= 15 is 0 Å². The number of nitrogens with zero attached hydrogens (tertiary/aromatic N) is 4. The van der Waals surface area contributed by atoms with Crippen LogP contribution in [0.15, 0.2) is 5.11 Å². The van der Waals surface area contributed by atoms with E-state index < -0.39 is 0 Å². The van der Waals surface area contributed by atoms with Crippen molar-refractivity contribution in [2.45, 2.75) is 6.10 Å². The summed E-state index contributed by atoms with van der Waals surface area (Å²) in [5.74, 6) is 0. The molecular weight excluding hydrogens is 148 g/mol. The van der Waals surface area contributed by atoms with Gasteiger partial charge in [0.1, 0.15) is 6.10 Å². The van der Waals surface area contributed by atoms with Gasteiger partial charge >= 0.3 is 6.09 Å². The fourth-order valence-electron chi connectivity index (χ4n) is 0.872. The van der Waals surface area contributed by atoms with Crippen molar-refractivity contribution in [2.75, 3.05) is 20.1 Å². The highest BCUT2D eigenvalue weighted by atomic mass is 16.6. The number of amides is 1. The molecule has 0 aliphatic carbocycles. The molecule has 1 saturated heterocycles. The van der Waals surface area contributed by atoms with Gasteiger partial charge < -0.3 is 9.64 Å². The SMILES string of the molecule is CN1C[C@H](CN=[N+]=[N-])OC1=O. The normalized spacial score (nSPS) is 22.8. The Morgan fingerprint density at radius 2 is 2.73 bits per heavy atom. The zero-order chi connectivity index (χ0) is 8.27. The van der Waals surface area contributed by atoms with Crippen LogP contribution in [-0.4, -0.2) is 37.2 Å². The van der Waals surface area contributed by atoms with Crippen LogP contribution >= 0.6 is 0 Å². The van der Waals surface area contributed by atoms with Crippen LogP contribution in [0.5, 0.6) is 0 Å². The molecule has 0 bridgehead atoms. The predicted molar refractivity (Wildman–Crippen MR) is 36.9 cm³/mol. The molecular formula is C5H8N4O2. The molecule has 1 aliphatic heterocycles. The molecule has 0 aromatic heterocycles. The molecule has 1 rings (SSSR count). The van der Waals surface area contributed by atoms with Crippen LogP contribution in [-0.2, 0) is 4.74 Å². The largest absolute Gasteiger partial charge is 0.444 e. The number of hydrogen-bond donors (Lipinski definition) is 0. The molecule has 0 unspecified atom stereocenters. The van der Waals surface area contributed by atoms with Gasteiger partial charge in [-0.05, 0) is 5.53 Å². The average Bonchev–Trinajstić information content (AvgIpc) is 2.28. The summed E-state index contributed by atoms with van der Waals surface area (Å²) < 4.78 is 4.80. The molecule has 0 saturated carbocycles. The number of likely N-dealkylation sites (N-methyl/N-ethyl adjacent to an activating group) is 1. The Morgan fingerprint density at radius 1 is 2.00 bits per heavy atom. The van der Waals surface area contributed by atoms with Gasteiger partial charge in [0.25, 0.3) is 0 Å². The Balaban J connectivity index is 2.40. The second kappa shape index (κ2) is 3.12. The zero-order valence-electron chi connectivity index (χ0n) is 6.10. The average molecular weight is 156 g/mol. The van der Waals surface area contributed by atoms with Crippen molar-refractivity contribution >= 4 is 6.09 Å². The first-order chi connectivity index (χ1) is 5.24. The molecule has 11 heavy (non-hydrogen) atoms. The van der Waals surface area contributed by atoms with Gasteiger partial charge in [-0.1, -0.05) is 5.11 Å². The van der Waals surface area contributed by atoms with Gasteiger partial charge in [0.05, 0.1) is 13.1 Å². The lowest BCUT2D eigenvalue weighted by molar-refractivity contribution is 0.137. The molecule has 1 aliphatic rings. The molecule has 1 heterocycles. The lowest BCUT2D eigenvalue weighted by Gasteiger charge is -2.01. The van der Waals surface area contributed by atoms with Gasteiger partial charge in [0.2, 0.25) is 0 Å². The van der Waals surface area contributed by atoms with Crippen molar-refractivity contribution in [3.63, 3.8) is 0 Å². The van der Waals surface area contributed by atoms with Crippen LogP contribution < -0.4 is 0 Å². The third-order valence-corrected chi connectivity index (χ3v) is 1.41. The third kappa shape index (κ3) is 1.75. The molecule has 1 amide bonds. The second-order valence-corrected chi connectivity index (χ2v) is 2.30. The number of hydrogen-bond acceptors (Lipinski definition) is 3. The minimum atomic E-state index is -0.358. The lowest BCUT2D eigenvalue weighted by atomic mass is 10.4. The Labute approximate surface area is 63.4 Å². The van der Waals surface area contributed by atoms with Crippen molar-refractivity contribution in [1.82, 2.24) is 4.90 Å². The van der Waals surface area contributed by atoms with Gasteiger partial charge in [-0.25, -0.2) is 4.79 Å². The van der Waals surface area contributed by atoms with Crippen LogP contribution in [0.25, 0.3) is 10.4 Å². The highest BCUT2D eigenvalue weighted by Gasteiger charge is 2.27. The highest BCUT2D eigenvalue weighted by Crippen LogP contribution is 2.08. The van der Waals surface area contributed by atoms with Crippen LogP contribution in [0.2, 0.25) is 0 Å². The van der Waals surface area contributed by atoms with E-state index in [0.29, 0.717) is 6.54 Å². The summed E-state index contributed by atoms with van der Waals surface area (Å²) in [5, 5.41) is 3.30. The lowest BCUT2D eigenvalue weighted by Crippen LogP contribution is -2.20. The summed E-state index contributed by atoms with van der Waals surface area (Å²) in [4.78, 5) is 14.7. The topological polar surface area (TPSA) is 78.3 Å². The number of ether oxygens (including phenoxy) is 1. The van der Waals surface area contributed by atoms with Crippen LogP contribution in [0.3, 0.4) is 0 Å². The molecule has 1 fully saturated rings. The fourth-order valence-corrected chi connectivity index (χ4v) is 0.872. The monoisotopic (exact) mass is 156 g/mol. The molecule has 0 radical (unpaired) electrons. The predicted octanol–water partition coefficient (Wildman–Crippen LogP) is 0.747. The van der Waals surface area contributed by atoms with Crippen LogP contribution in [0.1, 0.15) is 0 Å². The molecule has 60 valence electrons. The minimum Gasteiger partial charge on any atom is -0.444 e. The quantitative estimate of drug-likeness (QED) is 0.336. The summed E-state index contributed by atoms with van der Waals surface area (Å²) in [5.41, 5.74) is 7.96. The van der Waals surface area contributed by atoms with E-state index in [9.17, 15) is 4.79 Å². The number of azide groups is 1. The molecule has 1 atom stereocenters. The van der Waals surface area contributed by atoms with E-state index in [1.54, 1.807) is 7.05 Å². The van der Waals surface area contributed by atoms with Crippen molar-refractivity contribution in [3.8, 4) is 0 Å². The first-order valence-electron chi connectivity index (χ1n) is 3.16. The first kappa shape index (κ1) is 7.68. The highest BCUT2D eigenvalue weighted by molar-refractivity contribution is 5.69. The first-order valence-corrected chi connectivity index (χ1v) is 3.16. The summed E-state index contributed by atoms with van der Waals surface area (Å²) >= 11 is 0. The maximum Gasteiger partial charge on any atom is 0.409 e. The minimum absolute atomic E-state index is 0.215. The van der Waals surface area contributed by atoms with E-state index in [2.05, 4.69) is 10.0 Å². The van der Waals surface area contributed by atoms with Crippen molar-refractivity contribution in [1.29, 1.82) is 0 Å². The van der Waals surface area contributed by atoms with Gasteiger partial charge in [-0.15, -0.1) is 0 Å². The van der Waals surface area contributed by atoms with Gasteiger partial charge in [0.15, 0.2) is 0 Å². The Bertz CT molecular complexity index is 209. The number of cyclic esters (lactones) is 1. The molecule has 0 N–H and O–H groups in total. The number of rotatable bonds is 2. The molecule has 0 aromatic carbocycles. The standard InChI is InChI=1S/C5H8N4O2/c1-9-3-4(2-7-8-6)11-5(9)10/h4H,2-3H2,1H3/t4-/m0/s1. The van der Waals surface area contributed by atoms with Gasteiger partial charge in [0, 0.05) is 12.0 Å². The second-order valence-electron chi connectivity index (χ2n) is 2.30. The van der Waals surface area contributed by atoms with Crippen LogP contribution in [0.4, 0.5) is 4.79 Å². The molecule has 0 spiro atoms. The van der Waals surface area contributed by atoms with E-state index in [4.69, 9.17) is 10.3 Å². The van der Waals surface area contributed by atoms with Crippen LogP contribution in [0, 0.1) is 0 Å². The molecule has 6 heteroatoms. The summed E-state index contributed by atoms with van der Waals surface area (Å²) in [6.07, 6.45) is -0.633. The summed E-state index contributed by atoms with van der Waals surface area (Å²) in [6.45, 7) is 0.713. The van der Waals surface area contributed by atoms with E-state index in [-0.39, 0.29) is 18.7 Å². The summed E-state index contributed by atoms with van der Waals surface area (Å²) in [6, 6.07) is 0. The van der Waals surface area contributed by atoms with E-state index in [1.807, 2.05) is 0 Å². The Hall–Kier alpha value is -1.42. The molecule has 6 nitrogen and oxygen atoms in total. The molecule has 0 aromatic rings. The zero-order valence-corrected chi connectivity index (χ0v) is 6.10. The van der Waals surface area contributed by atoms with E-state index in [0.717, 1.165) is 0 Å². The Morgan fingerprint density at radius 3 is 3.18 bits per heavy atom. The van der Waals surface area contributed by atoms with Crippen molar-refractivity contribution in [3.05, 3.63) is 10.4 Å².